The van der Waals surface area contributed by atoms with Gasteiger partial charge in [0.15, 0.2) is 0 Å². The van der Waals surface area contributed by atoms with Crippen LogP contribution in [0.3, 0.4) is 0 Å². The minimum atomic E-state index is -0.381. The molecule has 10 heteroatoms. The lowest BCUT2D eigenvalue weighted by Crippen LogP contribution is -2.41. The first-order valence-corrected chi connectivity index (χ1v) is 11.8. The van der Waals surface area contributed by atoms with Gasteiger partial charge in [-0.05, 0) is 66.9 Å². The number of pyridine rings is 2. The fraction of sp³-hybridized carbons (Fsp3) is 0.524. The van der Waals surface area contributed by atoms with Crippen LogP contribution in [0.2, 0.25) is 0 Å². The van der Waals surface area contributed by atoms with Gasteiger partial charge in [0.25, 0.3) is 0 Å². The van der Waals surface area contributed by atoms with Crippen molar-refractivity contribution in [3.63, 3.8) is 0 Å². The Bertz CT molecular complexity index is 806. The van der Waals surface area contributed by atoms with Gasteiger partial charge in [-0.1, -0.05) is 29.8 Å². The highest BCUT2D eigenvalue weighted by atomic mass is 79.9. The molecule has 2 aromatic heterocycles. The number of nitrogens with zero attached hydrogens (tertiary/aromatic N) is 3. The number of aryl methyl sites for hydroxylation is 1. The highest BCUT2D eigenvalue weighted by molar-refractivity contribution is 9.10. The molecule has 0 atom stereocenters. The maximum atomic E-state index is 6.06. The SMILES string of the molecule is CC.Cc1ncc(B2OC(C)(C)C(C)(C)O2)cc1NSN(C)C.Nc1cc(Br)ccn1. The van der Waals surface area contributed by atoms with Gasteiger partial charge in [-0.2, -0.15) is 0 Å². The van der Waals surface area contributed by atoms with Crippen molar-refractivity contribution in [2.24, 2.45) is 0 Å². The predicted octanol–water partition coefficient (Wildman–Crippen LogP) is 4.68. The monoisotopic (exact) mass is 511 g/mol. The smallest absolute Gasteiger partial charge is 0.399 e. The first-order valence-electron chi connectivity index (χ1n) is 10.2. The van der Waals surface area contributed by atoms with E-state index in [0.29, 0.717) is 5.82 Å². The number of halogens is 1. The third-order valence-electron chi connectivity index (χ3n) is 4.71. The minimum absolute atomic E-state index is 0.339. The van der Waals surface area contributed by atoms with Gasteiger partial charge in [0, 0.05) is 34.5 Å². The first-order chi connectivity index (χ1) is 14.4. The Morgan fingerprint density at radius 2 is 1.68 bits per heavy atom. The van der Waals surface area contributed by atoms with Crippen LogP contribution in [-0.4, -0.2) is 46.7 Å². The Morgan fingerprint density at radius 3 is 2.13 bits per heavy atom. The average Bonchev–Trinajstić information content (AvgIpc) is 2.90. The third-order valence-corrected chi connectivity index (χ3v) is 5.88. The molecule has 31 heavy (non-hydrogen) atoms. The number of anilines is 2. The van der Waals surface area contributed by atoms with Crippen LogP contribution >= 0.6 is 28.1 Å². The first kappa shape index (κ1) is 27.7. The van der Waals surface area contributed by atoms with E-state index < -0.39 is 0 Å². The quantitative estimate of drug-likeness (QED) is 0.452. The average molecular weight is 512 g/mol. The maximum absolute atomic E-state index is 6.06. The highest BCUT2D eigenvalue weighted by Gasteiger charge is 2.51. The molecule has 1 fully saturated rings. The molecule has 1 aliphatic heterocycles. The molecule has 1 aliphatic rings. The van der Waals surface area contributed by atoms with Crippen molar-refractivity contribution in [3.05, 3.63) is 40.8 Å². The second-order valence-corrected chi connectivity index (χ2v) is 9.93. The molecule has 0 spiro atoms. The summed E-state index contributed by atoms with van der Waals surface area (Å²) in [6, 6.07) is 5.62. The van der Waals surface area contributed by atoms with Crippen LogP contribution in [0.4, 0.5) is 11.5 Å². The summed E-state index contributed by atoms with van der Waals surface area (Å²) >= 11 is 4.75. The summed E-state index contributed by atoms with van der Waals surface area (Å²) in [7, 11) is 3.59. The van der Waals surface area contributed by atoms with Crippen molar-refractivity contribution >= 4 is 52.2 Å². The van der Waals surface area contributed by atoms with Crippen LogP contribution in [0.5, 0.6) is 0 Å². The van der Waals surface area contributed by atoms with Crippen molar-refractivity contribution < 1.29 is 9.31 Å². The van der Waals surface area contributed by atoms with Gasteiger partial charge >= 0.3 is 7.12 Å². The van der Waals surface area contributed by atoms with Gasteiger partial charge in [-0.15, -0.1) is 0 Å². The number of aromatic nitrogens is 2. The van der Waals surface area contributed by atoms with Crippen molar-refractivity contribution in [1.29, 1.82) is 0 Å². The van der Waals surface area contributed by atoms with E-state index in [0.717, 1.165) is 21.3 Å². The number of nitrogen functional groups attached to an aromatic ring is 1. The van der Waals surface area contributed by atoms with Crippen molar-refractivity contribution in [3.8, 4) is 0 Å². The summed E-state index contributed by atoms with van der Waals surface area (Å²) in [6.07, 6.45) is 3.47. The van der Waals surface area contributed by atoms with Crippen LogP contribution in [0.1, 0.15) is 47.2 Å². The van der Waals surface area contributed by atoms with Gasteiger partial charge in [-0.25, -0.2) is 9.29 Å². The largest absolute Gasteiger partial charge is 0.496 e. The Labute approximate surface area is 200 Å². The van der Waals surface area contributed by atoms with Gasteiger partial charge in [0.1, 0.15) is 5.82 Å². The lowest BCUT2D eigenvalue weighted by Gasteiger charge is -2.32. The van der Waals surface area contributed by atoms with Crippen molar-refractivity contribution in [1.82, 2.24) is 14.3 Å². The van der Waals surface area contributed by atoms with Crippen LogP contribution < -0.4 is 15.9 Å². The fourth-order valence-electron chi connectivity index (χ4n) is 2.32. The molecule has 3 heterocycles. The van der Waals surface area contributed by atoms with Crippen LogP contribution in [0.15, 0.2) is 35.1 Å². The van der Waals surface area contributed by atoms with Gasteiger partial charge in [0.05, 0.1) is 22.6 Å². The second-order valence-electron chi connectivity index (χ2n) is 7.89. The second kappa shape index (κ2) is 12.1. The van der Waals surface area contributed by atoms with E-state index in [2.05, 4.69) is 58.3 Å². The number of rotatable bonds is 4. The molecule has 1 saturated heterocycles. The molecule has 2 aromatic rings. The summed E-state index contributed by atoms with van der Waals surface area (Å²) in [5, 5.41) is 0. The number of hydrogen-bond acceptors (Lipinski definition) is 8. The summed E-state index contributed by atoms with van der Waals surface area (Å²) in [4.78, 5) is 8.23. The molecule has 3 rings (SSSR count). The highest BCUT2D eigenvalue weighted by Crippen LogP contribution is 2.36. The summed E-state index contributed by atoms with van der Waals surface area (Å²) in [6.45, 7) is 14.2. The molecule has 0 bridgehead atoms. The zero-order valence-corrected chi connectivity index (χ0v) is 22.4. The number of hydrogen-bond donors (Lipinski definition) is 2. The topological polar surface area (TPSA) is 85.5 Å². The Morgan fingerprint density at radius 1 is 1.10 bits per heavy atom. The molecule has 172 valence electrons. The Kier molecular flexibility index (Phi) is 10.8. The van der Waals surface area contributed by atoms with Gasteiger partial charge < -0.3 is 19.8 Å². The Balaban J connectivity index is 0.000000400. The molecular formula is C21H35BBrN5O2S. The molecule has 0 unspecified atom stereocenters. The zero-order chi connectivity index (χ0) is 23.8. The van der Waals surface area contributed by atoms with Crippen molar-refractivity contribution in [2.45, 2.75) is 59.7 Å². The van der Waals surface area contributed by atoms with E-state index in [1.165, 1.54) is 12.1 Å². The minimum Gasteiger partial charge on any atom is -0.399 e. The number of nitrogens with two attached hydrogens (primary N) is 1. The molecule has 0 radical (unpaired) electrons. The van der Waals surface area contributed by atoms with Crippen molar-refractivity contribution in [2.75, 3.05) is 24.6 Å². The molecule has 3 N–H and O–H groups in total. The molecule has 0 amide bonds. The zero-order valence-electron chi connectivity index (χ0n) is 20.0. The van der Waals surface area contributed by atoms with Crippen LogP contribution in [-0.2, 0) is 9.31 Å². The van der Waals surface area contributed by atoms with E-state index in [1.807, 2.05) is 57.5 Å². The summed E-state index contributed by atoms with van der Waals surface area (Å²) in [5.41, 5.74) is 7.49. The van der Waals surface area contributed by atoms with E-state index in [1.54, 1.807) is 12.3 Å². The van der Waals surface area contributed by atoms with Gasteiger partial charge in [0.2, 0.25) is 0 Å². The maximum Gasteiger partial charge on any atom is 0.496 e. The summed E-state index contributed by atoms with van der Waals surface area (Å²) in [5.74, 6) is 0.541. The number of nitrogens with one attached hydrogen (secondary N) is 1. The fourth-order valence-corrected chi connectivity index (χ4v) is 3.16. The standard InChI is InChI=1S/C14H24BN3O2S.C5H5BrN2.C2H6/c1-10-12(17-21-18(6)7)8-11(9-16-10)15-19-13(2,3)14(4,5)20-15;6-4-1-2-8-5(7)3-4;1-2/h8-9,17H,1-7H3;1-3H,(H2,7,8);1-2H3. The molecule has 0 saturated carbocycles. The molecule has 0 aromatic carbocycles. The third kappa shape index (κ3) is 8.27. The molecule has 0 aliphatic carbocycles. The molecule has 7 nitrogen and oxygen atoms in total. The van der Waals surface area contributed by atoms with E-state index in [4.69, 9.17) is 15.0 Å². The predicted molar refractivity (Wildman–Crippen MR) is 137 cm³/mol. The lowest BCUT2D eigenvalue weighted by molar-refractivity contribution is 0.00578. The normalized spacial score (nSPS) is 16.2. The van der Waals surface area contributed by atoms with Gasteiger partial charge in [-0.3, -0.25) is 4.98 Å². The van der Waals surface area contributed by atoms with E-state index in [-0.39, 0.29) is 18.3 Å². The van der Waals surface area contributed by atoms with E-state index in [9.17, 15) is 0 Å². The Hall–Kier alpha value is -1.33. The van der Waals surface area contributed by atoms with Crippen LogP contribution in [0.25, 0.3) is 0 Å². The van der Waals surface area contributed by atoms with E-state index >= 15 is 0 Å². The molecular weight excluding hydrogens is 477 g/mol. The van der Waals surface area contributed by atoms with Crippen LogP contribution in [0, 0.1) is 6.92 Å². The lowest BCUT2D eigenvalue weighted by atomic mass is 9.80. The summed E-state index contributed by atoms with van der Waals surface area (Å²) < 4.78 is 18.4.